The number of nitrogens with zero attached hydrogens (tertiary/aromatic N) is 3. The van der Waals surface area contributed by atoms with Gasteiger partial charge < -0.3 is 10.2 Å². The van der Waals surface area contributed by atoms with Crippen molar-refractivity contribution in [3.8, 4) is 0 Å². The van der Waals surface area contributed by atoms with Crippen molar-refractivity contribution in [2.75, 3.05) is 19.0 Å². The average Bonchev–Trinajstić information content (AvgIpc) is 2.56. The van der Waals surface area contributed by atoms with Gasteiger partial charge in [-0.25, -0.2) is 4.68 Å². The zero-order chi connectivity index (χ0) is 17.3. The van der Waals surface area contributed by atoms with Crippen LogP contribution in [0.4, 0.5) is 5.69 Å². The van der Waals surface area contributed by atoms with Crippen molar-refractivity contribution in [1.82, 2.24) is 15.1 Å². The highest BCUT2D eigenvalue weighted by molar-refractivity contribution is 5.94. The van der Waals surface area contributed by atoms with Gasteiger partial charge in [-0.3, -0.25) is 9.59 Å². The number of aryl methyl sites for hydroxylation is 2. The molecule has 1 heterocycles. The second-order valence-corrected chi connectivity index (χ2v) is 6.43. The van der Waals surface area contributed by atoms with E-state index in [1.807, 2.05) is 43.3 Å². The molecule has 6 nitrogen and oxygen atoms in total. The molecule has 6 heteroatoms. The molecule has 1 N–H and O–H groups in total. The fourth-order valence-corrected chi connectivity index (χ4v) is 2.99. The van der Waals surface area contributed by atoms with E-state index < -0.39 is 0 Å². The number of carbonyl (C=O) groups excluding carboxylic acids is 1. The van der Waals surface area contributed by atoms with Gasteiger partial charge in [-0.15, -0.1) is 0 Å². The fraction of sp³-hybridized carbons (Fsp3) is 0.389. The summed E-state index contributed by atoms with van der Waals surface area (Å²) in [4.78, 5) is 26.2. The van der Waals surface area contributed by atoms with Crippen LogP contribution in [0.3, 0.4) is 0 Å². The first-order valence-electron chi connectivity index (χ1n) is 8.08. The molecule has 126 valence electrons. The Labute approximate surface area is 141 Å². The van der Waals surface area contributed by atoms with Crippen LogP contribution in [0.2, 0.25) is 0 Å². The van der Waals surface area contributed by atoms with Gasteiger partial charge in [0.2, 0.25) is 0 Å². The number of benzene rings is 1. The highest BCUT2D eigenvalue weighted by Crippen LogP contribution is 2.19. The van der Waals surface area contributed by atoms with Crippen molar-refractivity contribution < 1.29 is 4.79 Å². The van der Waals surface area contributed by atoms with Crippen LogP contribution in [0.25, 0.3) is 0 Å². The minimum atomic E-state index is -0.111. The van der Waals surface area contributed by atoms with Crippen molar-refractivity contribution in [3.05, 3.63) is 57.5 Å². The van der Waals surface area contributed by atoms with E-state index in [-0.39, 0.29) is 17.5 Å². The van der Waals surface area contributed by atoms with E-state index in [1.165, 1.54) is 4.68 Å². The zero-order valence-electron chi connectivity index (χ0n) is 14.2. The predicted octanol–water partition coefficient (Wildman–Crippen LogP) is 1.13. The van der Waals surface area contributed by atoms with Crippen LogP contribution in [0.1, 0.15) is 28.0 Å². The van der Waals surface area contributed by atoms with Gasteiger partial charge in [0.05, 0.1) is 5.69 Å². The molecule has 1 aromatic carbocycles. The molecule has 3 rings (SSSR count). The maximum atomic E-state index is 12.4. The van der Waals surface area contributed by atoms with E-state index >= 15 is 0 Å². The molecule has 0 fully saturated rings. The number of amides is 1. The minimum Gasteiger partial charge on any atom is -0.378 e. The summed E-state index contributed by atoms with van der Waals surface area (Å²) < 4.78 is 1.37. The van der Waals surface area contributed by atoms with Crippen molar-refractivity contribution in [1.29, 1.82) is 0 Å². The van der Waals surface area contributed by atoms with E-state index in [0.29, 0.717) is 12.0 Å². The van der Waals surface area contributed by atoms with Gasteiger partial charge in [0.1, 0.15) is 0 Å². The van der Waals surface area contributed by atoms with Crippen molar-refractivity contribution in [3.63, 3.8) is 0 Å². The lowest BCUT2D eigenvalue weighted by Crippen LogP contribution is -2.40. The molecular formula is C18H22N4O2. The van der Waals surface area contributed by atoms with Crippen LogP contribution in [0, 0.1) is 0 Å². The standard InChI is InChI=1S/C18H22N4O2/c1-21(2)15-7-4-12(5-8-15)18(24)19-14-6-9-16-13(10-14)11-17(23)22(3)20-16/h4-5,7-8,11,14H,6,9-10H2,1-3H3,(H,19,24). The summed E-state index contributed by atoms with van der Waals surface area (Å²) in [6.45, 7) is 0. The largest absolute Gasteiger partial charge is 0.378 e. The molecule has 0 saturated heterocycles. The molecule has 0 saturated carbocycles. The third kappa shape index (κ3) is 3.32. The number of fused-ring (bicyclic) bond motifs is 1. The number of aromatic nitrogens is 2. The fourth-order valence-electron chi connectivity index (χ4n) is 2.99. The Kier molecular flexibility index (Phi) is 4.38. The van der Waals surface area contributed by atoms with Crippen molar-refractivity contribution in [2.45, 2.75) is 25.3 Å². The molecule has 24 heavy (non-hydrogen) atoms. The normalized spacial score (nSPS) is 16.4. The topological polar surface area (TPSA) is 67.2 Å². The van der Waals surface area contributed by atoms with Crippen molar-refractivity contribution >= 4 is 11.6 Å². The van der Waals surface area contributed by atoms with E-state index in [4.69, 9.17) is 0 Å². The minimum absolute atomic E-state index is 0.0347. The van der Waals surface area contributed by atoms with Gasteiger partial charge in [0.25, 0.3) is 11.5 Å². The molecule has 1 aromatic heterocycles. The molecule has 2 aromatic rings. The third-order valence-electron chi connectivity index (χ3n) is 4.44. The van der Waals surface area contributed by atoms with E-state index in [0.717, 1.165) is 29.8 Å². The molecule has 0 bridgehead atoms. The lowest BCUT2D eigenvalue weighted by molar-refractivity contribution is 0.0933. The average molecular weight is 326 g/mol. The summed E-state index contributed by atoms with van der Waals surface area (Å²) in [5.74, 6) is -0.0782. The number of hydrogen-bond donors (Lipinski definition) is 1. The summed E-state index contributed by atoms with van der Waals surface area (Å²) in [5.41, 5.74) is 3.49. The Bertz CT molecular complexity index is 809. The smallest absolute Gasteiger partial charge is 0.266 e. The second kappa shape index (κ2) is 6.47. The highest BCUT2D eigenvalue weighted by Gasteiger charge is 2.22. The zero-order valence-corrected chi connectivity index (χ0v) is 14.2. The molecule has 1 atom stereocenters. The summed E-state index contributed by atoms with van der Waals surface area (Å²) >= 11 is 0. The monoisotopic (exact) mass is 326 g/mol. The maximum Gasteiger partial charge on any atom is 0.266 e. The Morgan fingerprint density at radius 3 is 2.67 bits per heavy atom. The first-order chi connectivity index (χ1) is 11.4. The number of nitrogens with one attached hydrogen (secondary N) is 1. The molecule has 1 aliphatic carbocycles. The van der Waals surface area contributed by atoms with Crippen LogP contribution < -0.4 is 15.8 Å². The highest BCUT2D eigenvalue weighted by atomic mass is 16.1. The van der Waals surface area contributed by atoms with Crippen LogP contribution in [0.5, 0.6) is 0 Å². The van der Waals surface area contributed by atoms with Crippen molar-refractivity contribution in [2.24, 2.45) is 7.05 Å². The second-order valence-electron chi connectivity index (χ2n) is 6.43. The predicted molar refractivity (Wildman–Crippen MR) is 93.5 cm³/mol. The first kappa shape index (κ1) is 16.2. The van der Waals surface area contributed by atoms with Crippen LogP contribution >= 0.6 is 0 Å². The Balaban J connectivity index is 1.69. The van der Waals surface area contributed by atoms with Crippen LogP contribution in [0.15, 0.2) is 35.1 Å². The molecule has 1 unspecified atom stereocenters. The lowest BCUT2D eigenvalue weighted by Gasteiger charge is -2.25. The molecule has 1 amide bonds. The molecular weight excluding hydrogens is 304 g/mol. The van der Waals surface area contributed by atoms with Gasteiger partial charge in [0, 0.05) is 44.5 Å². The summed E-state index contributed by atoms with van der Waals surface area (Å²) in [6.07, 6.45) is 2.26. The maximum absolute atomic E-state index is 12.4. The van der Waals surface area contributed by atoms with Gasteiger partial charge in [-0.1, -0.05) is 0 Å². The van der Waals surface area contributed by atoms with E-state index in [2.05, 4.69) is 10.4 Å². The van der Waals surface area contributed by atoms with Gasteiger partial charge in [-0.05, 0) is 49.1 Å². The van der Waals surface area contributed by atoms with Gasteiger partial charge >= 0.3 is 0 Å². The Hall–Kier alpha value is -2.63. The molecule has 1 aliphatic rings. The van der Waals surface area contributed by atoms with E-state index in [1.54, 1.807) is 13.1 Å². The summed E-state index contributed by atoms with van der Waals surface area (Å²) in [7, 11) is 5.59. The molecule has 0 aliphatic heterocycles. The van der Waals surface area contributed by atoms with Gasteiger partial charge in [0.15, 0.2) is 0 Å². The molecule has 0 spiro atoms. The summed E-state index contributed by atoms with van der Waals surface area (Å²) in [6, 6.07) is 9.19. The van der Waals surface area contributed by atoms with Crippen LogP contribution in [-0.2, 0) is 19.9 Å². The summed E-state index contributed by atoms with van der Waals surface area (Å²) in [5, 5.41) is 7.37. The number of hydrogen-bond acceptors (Lipinski definition) is 4. The number of carbonyl (C=O) groups is 1. The number of rotatable bonds is 3. The lowest BCUT2D eigenvalue weighted by atomic mass is 9.92. The Morgan fingerprint density at radius 1 is 1.29 bits per heavy atom. The Morgan fingerprint density at radius 2 is 2.00 bits per heavy atom. The van der Waals surface area contributed by atoms with Gasteiger partial charge in [-0.2, -0.15) is 5.10 Å². The van der Waals surface area contributed by atoms with E-state index in [9.17, 15) is 9.59 Å². The SMILES string of the molecule is CN(C)c1ccc(C(=O)NC2CCc3nn(C)c(=O)cc3C2)cc1. The van der Waals surface area contributed by atoms with Crippen LogP contribution in [-0.4, -0.2) is 35.8 Å². The first-order valence-corrected chi connectivity index (χ1v) is 8.08. The number of anilines is 1. The molecule has 0 radical (unpaired) electrons. The third-order valence-corrected chi connectivity index (χ3v) is 4.44. The quantitative estimate of drug-likeness (QED) is 0.918.